The highest BCUT2D eigenvalue weighted by molar-refractivity contribution is 5.76. The van der Waals surface area contributed by atoms with Crippen molar-refractivity contribution in [3.63, 3.8) is 0 Å². The maximum absolute atomic E-state index is 13.6. The van der Waals surface area contributed by atoms with Crippen LogP contribution in [-0.2, 0) is 11.2 Å². The molecule has 5 nitrogen and oxygen atoms in total. The van der Waals surface area contributed by atoms with E-state index in [9.17, 15) is 13.6 Å². The summed E-state index contributed by atoms with van der Waals surface area (Å²) in [7, 11) is 0. The van der Waals surface area contributed by atoms with E-state index in [1.165, 1.54) is 12.1 Å². The highest BCUT2D eigenvalue weighted by atomic mass is 19.2. The van der Waals surface area contributed by atoms with Crippen LogP contribution >= 0.6 is 0 Å². The number of nitrogens with zero attached hydrogens (tertiary/aromatic N) is 3. The lowest BCUT2D eigenvalue weighted by Gasteiger charge is -2.15. The molecule has 7 heteroatoms. The maximum Gasteiger partial charge on any atom is 0.231 e. The number of benzene rings is 1. The monoisotopic (exact) mass is 321 g/mol. The normalized spacial score (nSPS) is 17.7. The third-order valence-corrected chi connectivity index (χ3v) is 4.07. The van der Waals surface area contributed by atoms with Crippen molar-refractivity contribution in [3.8, 4) is 0 Å². The average molecular weight is 321 g/mol. The number of likely N-dealkylation sites (tertiary alicyclic amines) is 1. The molecular formula is C16H17F2N3O2. The fourth-order valence-electron chi connectivity index (χ4n) is 2.81. The summed E-state index contributed by atoms with van der Waals surface area (Å²) in [5.41, 5.74) is 0.224. The first-order valence-corrected chi connectivity index (χ1v) is 7.55. The van der Waals surface area contributed by atoms with Gasteiger partial charge in [-0.05, 0) is 31.4 Å². The predicted molar refractivity (Wildman–Crippen MR) is 77.7 cm³/mol. The van der Waals surface area contributed by atoms with Crippen LogP contribution in [0, 0.1) is 18.6 Å². The molecule has 1 atom stereocenters. The van der Waals surface area contributed by atoms with Gasteiger partial charge >= 0.3 is 0 Å². The molecule has 2 heterocycles. The molecular weight excluding hydrogens is 304 g/mol. The minimum absolute atomic E-state index is 0.0473. The van der Waals surface area contributed by atoms with Crippen molar-refractivity contribution in [3.05, 3.63) is 47.1 Å². The Labute approximate surface area is 132 Å². The molecule has 0 aliphatic carbocycles. The van der Waals surface area contributed by atoms with E-state index in [0.29, 0.717) is 24.8 Å². The summed E-state index contributed by atoms with van der Waals surface area (Å²) < 4.78 is 31.9. The molecule has 122 valence electrons. The maximum atomic E-state index is 13.6. The van der Waals surface area contributed by atoms with E-state index in [2.05, 4.69) is 10.1 Å². The zero-order valence-electron chi connectivity index (χ0n) is 12.8. The number of rotatable bonds is 4. The molecule has 1 amide bonds. The number of carbonyl (C=O) groups excluding carboxylic acids is 1. The second-order valence-electron chi connectivity index (χ2n) is 5.72. The van der Waals surface area contributed by atoms with Crippen LogP contribution in [0.25, 0.3) is 0 Å². The summed E-state index contributed by atoms with van der Waals surface area (Å²) in [5.74, 6) is -0.664. The van der Waals surface area contributed by atoms with Crippen LogP contribution in [0.2, 0.25) is 0 Å². The van der Waals surface area contributed by atoms with Gasteiger partial charge < -0.3 is 9.42 Å². The quantitative estimate of drug-likeness (QED) is 0.868. The van der Waals surface area contributed by atoms with Crippen molar-refractivity contribution in [2.45, 2.75) is 32.1 Å². The molecule has 3 rings (SSSR count). The van der Waals surface area contributed by atoms with Gasteiger partial charge in [0, 0.05) is 19.5 Å². The van der Waals surface area contributed by atoms with E-state index in [1.807, 2.05) is 0 Å². The van der Waals surface area contributed by atoms with E-state index in [-0.39, 0.29) is 30.2 Å². The Morgan fingerprint density at radius 3 is 3.00 bits per heavy atom. The first-order valence-electron chi connectivity index (χ1n) is 7.55. The van der Waals surface area contributed by atoms with Crippen molar-refractivity contribution in [2.24, 2.45) is 0 Å². The van der Waals surface area contributed by atoms with Crippen molar-refractivity contribution < 1.29 is 18.1 Å². The van der Waals surface area contributed by atoms with Crippen LogP contribution in [0.3, 0.4) is 0 Å². The van der Waals surface area contributed by atoms with Gasteiger partial charge in [0.1, 0.15) is 0 Å². The highest BCUT2D eigenvalue weighted by Crippen LogP contribution is 2.26. The minimum Gasteiger partial charge on any atom is -0.342 e. The Bertz CT molecular complexity index is 717. The standard InChI is InChI=1S/C16H17F2N3O2/c1-10-19-16(23-20-10)12-7-8-21(9-12)14(22)6-5-11-3-2-4-13(17)15(11)18/h2-4,12H,5-9H2,1H3/t12-/m0/s1. The van der Waals surface area contributed by atoms with Gasteiger partial charge in [0.05, 0.1) is 5.92 Å². The molecule has 1 saturated heterocycles. The SMILES string of the molecule is Cc1noc([C@H]2CCN(C(=O)CCc3cccc(F)c3F)C2)n1. The van der Waals surface area contributed by atoms with E-state index in [0.717, 1.165) is 12.5 Å². The third kappa shape index (κ3) is 3.38. The van der Waals surface area contributed by atoms with Crippen LogP contribution < -0.4 is 0 Å². The number of carbonyl (C=O) groups is 1. The van der Waals surface area contributed by atoms with Crippen molar-refractivity contribution in [1.29, 1.82) is 0 Å². The number of aryl methyl sites for hydroxylation is 2. The summed E-state index contributed by atoms with van der Waals surface area (Å²) >= 11 is 0. The largest absolute Gasteiger partial charge is 0.342 e. The minimum atomic E-state index is -0.886. The molecule has 0 unspecified atom stereocenters. The molecule has 1 fully saturated rings. The summed E-state index contributed by atoms with van der Waals surface area (Å²) in [4.78, 5) is 18.1. The van der Waals surface area contributed by atoms with Gasteiger partial charge in [-0.25, -0.2) is 8.78 Å². The molecule has 23 heavy (non-hydrogen) atoms. The Kier molecular flexibility index (Phi) is 4.36. The number of amides is 1. The average Bonchev–Trinajstić information content (AvgIpc) is 3.17. The fourth-order valence-corrected chi connectivity index (χ4v) is 2.81. The molecule has 0 radical (unpaired) electrons. The van der Waals surface area contributed by atoms with Gasteiger partial charge in [0.2, 0.25) is 11.8 Å². The van der Waals surface area contributed by atoms with E-state index < -0.39 is 11.6 Å². The van der Waals surface area contributed by atoms with Gasteiger partial charge in [-0.2, -0.15) is 4.98 Å². The molecule has 0 spiro atoms. The van der Waals surface area contributed by atoms with E-state index in [1.54, 1.807) is 11.8 Å². The Hall–Kier alpha value is -2.31. The molecule has 1 aliphatic rings. The number of aromatic nitrogens is 2. The zero-order valence-corrected chi connectivity index (χ0v) is 12.8. The lowest BCUT2D eigenvalue weighted by Crippen LogP contribution is -2.28. The Balaban J connectivity index is 1.56. The third-order valence-electron chi connectivity index (χ3n) is 4.07. The van der Waals surface area contributed by atoms with Crippen LogP contribution in [0.1, 0.15) is 36.0 Å². The van der Waals surface area contributed by atoms with Gasteiger partial charge in [0.15, 0.2) is 17.5 Å². The van der Waals surface area contributed by atoms with E-state index in [4.69, 9.17) is 4.52 Å². The second kappa shape index (κ2) is 6.44. The molecule has 2 aromatic rings. The fraction of sp³-hybridized carbons (Fsp3) is 0.438. The van der Waals surface area contributed by atoms with Crippen LogP contribution in [0.4, 0.5) is 8.78 Å². The number of hydrogen-bond donors (Lipinski definition) is 0. The lowest BCUT2D eigenvalue weighted by molar-refractivity contribution is -0.130. The summed E-state index contributed by atoms with van der Waals surface area (Å²) in [5, 5.41) is 3.76. The molecule has 0 N–H and O–H groups in total. The van der Waals surface area contributed by atoms with Gasteiger partial charge in [-0.3, -0.25) is 4.79 Å². The Morgan fingerprint density at radius 2 is 2.26 bits per heavy atom. The second-order valence-corrected chi connectivity index (χ2v) is 5.72. The van der Waals surface area contributed by atoms with Gasteiger partial charge in [0.25, 0.3) is 0 Å². The zero-order chi connectivity index (χ0) is 16.4. The molecule has 0 bridgehead atoms. The van der Waals surface area contributed by atoms with Gasteiger partial charge in [-0.15, -0.1) is 0 Å². The van der Waals surface area contributed by atoms with Crippen LogP contribution in [0.15, 0.2) is 22.7 Å². The molecule has 1 aliphatic heterocycles. The highest BCUT2D eigenvalue weighted by Gasteiger charge is 2.30. The first-order chi connectivity index (χ1) is 11.0. The molecule has 1 aromatic carbocycles. The van der Waals surface area contributed by atoms with Crippen molar-refractivity contribution >= 4 is 5.91 Å². The predicted octanol–water partition coefficient (Wildman–Crippen LogP) is 2.60. The van der Waals surface area contributed by atoms with Crippen molar-refractivity contribution in [2.75, 3.05) is 13.1 Å². The van der Waals surface area contributed by atoms with Crippen LogP contribution in [-0.4, -0.2) is 34.0 Å². The van der Waals surface area contributed by atoms with E-state index >= 15 is 0 Å². The Morgan fingerprint density at radius 1 is 1.43 bits per heavy atom. The van der Waals surface area contributed by atoms with Gasteiger partial charge in [-0.1, -0.05) is 17.3 Å². The summed E-state index contributed by atoms with van der Waals surface area (Å²) in [6.07, 6.45) is 1.10. The summed E-state index contributed by atoms with van der Waals surface area (Å²) in [6.45, 7) is 2.88. The van der Waals surface area contributed by atoms with Crippen molar-refractivity contribution in [1.82, 2.24) is 15.0 Å². The number of hydrogen-bond acceptors (Lipinski definition) is 4. The number of halogens is 2. The lowest BCUT2D eigenvalue weighted by atomic mass is 10.1. The smallest absolute Gasteiger partial charge is 0.231 e. The topological polar surface area (TPSA) is 59.2 Å². The van der Waals surface area contributed by atoms with Crippen LogP contribution in [0.5, 0.6) is 0 Å². The first kappa shape index (κ1) is 15.6. The molecule has 1 aromatic heterocycles. The molecule has 0 saturated carbocycles. The summed E-state index contributed by atoms with van der Waals surface area (Å²) in [6, 6.07) is 4.01.